The molecular weight excluding hydrogens is 302 g/mol. The van der Waals surface area contributed by atoms with Crippen LogP contribution in [0.3, 0.4) is 0 Å². The number of rotatable bonds is 5. The molecule has 0 saturated heterocycles. The third kappa shape index (κ3) is 4.64. The van der Waals surface area contributed by atoms with Gasteiger partial charge in [0.25, 0.3) is 0 Å². The van der Waals surface area contributed by atoms with Gasteiger partial charge >= 0.3 is 11.8 Å². The summed E-state index contributed by atoms with van der Waals surface area (Å²) in [6, 6.07) is 9.33. The van der Waals surface area contributed by atoms with Gasteiger partial charge in [-0.1, -0.05) is 24.3 Å². The summed E-state index contributed by atoms with van der Waals surface area (Å²) in [5.41, 5.74) is 2.77. The number of aryl methyl sites for hydroxylation is 1. The standard InChI is InChI=1S/C15H17N3O3S/c1-10-7-13(22-18-10)17-15(20)14(19)16-8-11-3-5-12(6-4-11)9-21-2/h3-7H,8-9H2,1-2H3,(H,16,19)(H,17,20). The second kappa shape index (κ2) is 7.67. The van der Waals surface area contributed by atoms with E-state index in [-0.39, 0.29) is 0 Å². The number of aromatic nitrogens is 1. The van der Waals surface area contributed by atoms with Crippen molar-refractivity contribution in [3.63, 3.8) is 0 Å². The number of nitrogens with one attached hydrogen (secondary N) is 2. The van der Waals surface area contributed by atoms with Crippen molar-refractivity contribution in [2.75, 3.05) is 12.4 Å². The number of carbonyl (C=O) groups is 2. The number of hydrogen-bond acceptors (Lipinski definition) is 5. The summed E-state index contributed by atoms with van der Waals surface area (Å²) in [6.45, 7) is 2.66. The van der Waals surface area contributed by atoms with Crippen LogP contribution >= 0.6 is 11.5 Å². The summed E-state index contributed by atoms with van der Waals surface area (Å²) in [4.78, 5) is 23.5. The Kier molecular flexibility index (Phi) is 5.62. The van der Waals surface area contributed by atoms with E-state index >= 15 is 0 Å². The Morgan fingerprint density at radius 1 is 1.18 bits per heavy atom. The molecule has 7 heteroatoms. The van der Waals surface area contributed by atoms with Gasteiger partial charge in [-0.05, 0) is 35.6 Å². The molecule has 22 heavy (non-hydrogen) atoms. The molecule has 2 aromatic rings. The van der Waals surface area contributed by atoms with Gasteiger partial charge in [0.1, 0.15) is 5.00 Å². The summed E-state index contributed by atoms with van der Waals surface area (Å²) in [5, 5.41) is 5.65. The fraction of sp³-hybridized carbons (Fsp3) is 0.267. The van der Waals surface area contributed by atoms with Crippen LogP contribution in [-0.2, 0) is 27.5 Å². The smallest absolute Gasteiger partial charge is 0.314 e. The number of ether oxygens (including phenoxy) is 1. The molecule has 0 aliphatic rings. The molecule has 0 aliphatic heterocycles. The summed E-state index contributed by atoms with van der Waals surface area (Å²) in [6.07, 6.45) is 0. The Labute approximate surface area is 132 Å². The predicted octanol–water partition coefficient (Wildman–Crippen LogP) is 1.85. The van der Waals surface area contributed by atoms with Gasteiger partial charge in [0.2, 0.25) is 0 Å². The fourth-order valence-electron chi connectivity index (χ4n) is 1.77. The van der Waals surface area contributed by atoms with Crippen molar-refractivity contribution in [2.24, 2.45) is 0 Å². The normalized spacial score (nSPS) is 10.3. The van der Waals surface area contributed by atoms with E-state index < -0.39 is 11.8 Å². The van der Waals surface area contributed by atoms with Crippen LogP contribution < -0.4 is 10.6 Å². The largest absolute Gasteiger partial charge is 0.380 e. The number of nitrogens with zero attached hydrogens (tertiary/aromatic N) is 1. The molecule has 0 saturated carbocycles. The van der Waals surface area contributed by atoms with E-state index in [9.17, 15) is 9.59 Å². The van der Waals surface area contributed by atoms with E-state index in [1.54, 1.807) is 13.2 Å². The Hall–Kier alpha value is -2.25. The second-order valence-corrected chi connectivity index (χ2v) is 5.52. The molecule has 0 atom stereocenters. The van der Waals surface area contributed by atoms with E-state index in [1.165, 1.54) is 0 Å². The van der Waals surface area contributed by atoms with E-state index in [0.29, 0.717) is 18.2 Å². The number of anilines is 1. The number of carbonyl (C=O) groups excluding carboxylic acids is 2. The predicted molar refractivity (Wildman–Crippen MR) is 84.5 cm³/mol. The molecule has 2 rings (SSSR count). The van der Waals surface area contributed by atoms with Crippen LogP contribution in [0.4, 0.5) is 5.00 Å². The van der Waals surface area contributed by atoms with Crippen molar-refractivity contribution in [3.8, 4) is 0 Å². The first kappa shape index (κ1) is 16.1. The maximum atomic E-state index is 11.7. The lowest BCUT2D eigenvalue weighted by atomic mass is 10.1. The van der Waals surface area contributed by atoms with Gasteiger partial charge in [0.05, 0.1) is 12.3 Å². The maximum absolute atomic E-state index is 11.7. The molecule has 116 valence electrons. The van der Waals surface area contributed by atoms with Crippen LogP contribution in [0.1, 0.15) is 16.8 Å². The van der Waals surface area contributed by atoms with Crippen molar-refractivity contribution < 1.29 is 14.3 Å². The molecule has 0 radical (unpaired) electrons. The van der Waals surface area contributed by atoms with Gasteiger partial charge in [0.15, 0.2) is 0 Å². The average molecular weight is 319 g/mol. The monoisotopic (exact) mass is 319 g/mol. The molecule has 1 heterocycles. The van der Waals surface area contributed by atoms with E-state index in [2.05, 4.69) is 15.0 Å². The van der Waals surface area contributed by atoms with Crippen LogP contribution in [0.15, 0.2) is 30.3 Å². The zero-order valence-electron chi connectivity index (χ0n) is 12.4. The highest BCUT2D eigenvalue weighted by molar-refractivity contribution is 7.10. The second-order valence-electron chi connectivity index (χ2n) is 4.72. The summed E-state index contributed by atoms with van der Waals surface area (Å²) >= 11 is 1.14. The Bertz CT molecular complexity index is 652. The summed E-state index contributed by atoms with van der Waals surface area (Å²) in [5.74, 6) is -1.37. The summed E-state index contributed by atoms with van der Waals surface area (Å²) in [7, 11) is 1.64. The minimum absolute atomic E-state index is 0.293. The zero-order chi connectivity index (χ0) is 15.9. The molecule has 2 amide bonds. The average Bonchev–Trinajstić information content (AvgIpc) is 2.91. The van der Waals surface area contributed by atoms with Gasteiger partial charge in [-0.25, -0.2) is 0 Å². The van der Waals surface area contributed by atoms with Crippen molar-refractivity contribution in [3.05, 3.63) is 47.2 Å². The van der Waals surface area contributed by atoms with Gasteiger partial charge in [-0.3, -0.25) is 9.59 Å². The first-order chi connectivity index (χ1) is 10.6. The molecule has 0 aliphatic carbocycles. The van der Waals surface area contributed by atoms with Gasteiger partial charge in [0, 0.05) is 13.7 Å². The number of hydrogen-bond donors (Lipinski definition) is 2. The highest BCUT2D eigenvalue weighted by atomic mass is 32.1. The topological polar surface area (TPSA) is 80.3 Å². The third-order valence-electron chi connectivity index (χ3n) is 2.86. The molecule has 6 nitrogen and oxygen atoms in total. The molecule has 0 unspecified atom stereocenters. The molecule has 0 fully saturated rings. The third-order valence-corrected chi connectivity index (χ3v) is 3.65. The molecule has 2 N–H and O–H groups in total. The SMILES string of the molecule is COCc1ccc(CNC(=O)C(=O)Nc2cc(C)ns2)cc1. The lowest BCUT2D eigenvalue weighted by molar-refractivity contribution is -0.136. The lowest BCUT2D eigenvalue weighted by Crippen LogP contribution is -2.34. The number of benzene rings is 1. The minimum Gasteiger partial charge on any atom is -0.380 e. The molecule has 1 aromatic carbocycles. The molecule has 1 aromatic heterocycles. The van der Waals surface area contributed by atoms with E-state index in [1.807, 2.05) is 31.2 Å². The highest BCUT2D eigenvalue weighted by Crippen LogP contribution is 2.15. The van der Waals surface area contributed by atoms with Crippen molar-refractivity contribution >= 4 is 28.3 Å². The number of methoxy groups -OCH3 is 1. The first-order valence-electron chi connectivity index (χ1n) is 6.67. The highest BCUT2D eigenvalue weighted by Gasteiger charge is 2.14. The van der Waals surface area contributed by atoms with Crippen LogP contribution in [0.25, 0.3) is 0 Å². The Balaban J connectivity index is 1.82. The van der Waals surface area contributed by atoms with E-state index in [4.69, 9.17) is 4.74 Å². The Morgan fingerprint density at radius 2 is 1.86 bits per heavy atom. The van der Waals surface area contributed by atoms with Crippen LogP contribution in [-0.4, -0.2) is 23.3 Å². The van der Waals surface area contributed by atoms with Gasteiger partial charge < -0.3 is 15.4 Å². The van der Waals surface area contributed by atoms with Crippen LogP contribution in [0, 0.1) is 6.92 Å². The van der Waals surface area contributed by atoms with E-state index in [0.717, 1.165) is 28.4 Å². The summed E-state index contributed by atoms with van der Waals surface area (Å²) < 4.78 is 9.06. The number of amides is 2. The molecule has 0 spiro atoms. The zero-order valence-corrected chi connectivity index (χ0v) is 13.2. The van der Waals surface area contributed by atoms with Crippen molar-refractivity contribution in [2.45, 2.75) is 20.1 Å². The van der Waals surface area contributed by atoms with Gasteiger partial charge in [-0.2, -0.15) is 4.37 Å². The molecule has 0 bridgehead atoms. The van der Waals surface area contributed by atoms with Crippen molar-refractivity contribution in [1.29, 1.82) is 0 Å². The lowest BCUT2D eigenvalue weighted by Gasteiger charge is -2.06. The fourth-order valence-corrected chi connectivity index (χ4v) is 2.43. The Morgan fingerprint density at radius 3 is 2.45 bits per heavy atom. The van der Waals surface area contributed by atoms with Crippen LogP contribution in [0.2, 0.25) is 0 Å². The minimum atomic E-state index is -0.695. The van der Waals surface area contributed by atoms with Crippen LogP contribution in [0.5, 0.6) is 0 Å². The maximum Gasteiger partial charge on any atom is 0.314 e. The molecular formula is C15H17N3O3S. The van der Waals surface area contributed by atoms with Gasteiger partial charge in [-0.15, -0.1) is 0 Å². The quantitative estimate of drug-likeness (QED) is 0.824. The first-order valence-corrected chi connectivity index (χ1v) is 7.45. The van der Waals surface area contributed by atoms with Crippen molar-refractivity contribution in [1.82, 2.24) is 9.69 Å².